The Morgan fingerprint density at radius 3 is 2.44 bits per heavy atom. The number of nitrogens with one attached hydrogen (secondary N) is 1. The number of hydrogen-bond acceptors (Lipinski definition) is 5. The van der Waals surface area contributed by atoms with E-state index >= 15 is 0 Å². The Balaban J connectivity index is 1.51. The number of rotatable bonds is 7. The lowest BCUT2D eigenvalue weighted by molar-refractivity contribution is -0.115. The zero-order valence-electron chi connectivity index (χ0n) is 15.2. The third-order valence-electron chi connectivity index (χ3n) is 3.93. The number of thiazole rings is 1. The van der Waals surface area contributed by atoms with Gasteiger partial charge in [0.1, 0.15) is 4.34 Å². The molecule has 0 atom stereocenters. The van der Waals surface area contributed by atoms with Crippen molar-refractivity contribution in [2.45, 2.75) is 30.4 Å². The van der Waals surface area contributed by atoms with Crippen molar-refractivity contribution in [2.24, 2.45) is 0 Å². The molecule has 1 N–H and O–H groups in total. The molecule has 0 fully saturated rings. The molecular weight excluding hydrogens is 376 g/mol. The van der Waals surface area contributed by atoms with Crippen molar-refractivity contribution in [3.8, 4) is 0 Å². The molecule has 2 aromatic carbocycles. The number of thioether (sulfide) groups is 1. The number of hydrogen-bond donors (Lipinski definition) is 1. The monoisotopic (exact) mass is 396 g/mol. The van der Waals surface area contributed by atoms with Gasteiger partial charge in [-0.2, -0.15) is 0 Å². The fraction of sp³-hybridized carbons (Fsp3) is 0.190. The molecule has 0 unspecified atom stereocenters. The van der Waals surface area contributed by atoms with Crippen molar-refractivity contribution in [3.63, 3.8) is 0 Å². The van der Waals surface area contributed by atoms with E-state index in [1.807, 2.05) is 5.38 Å². The first-order chi connectivity index (χ1) is 13.0. The number of benzene rings is 2. The van der Waals surface area contributed by atoms with Gasteiger partial charge in [0.05, 0.1) is 12.1 Å². The van der Waals surface area contributed by atoms with E-state index < -0.39 is 0 Å². The molecule has 3 rings (SSSR count). The maximum Gasteiger partial charge on any atom is 0.230 e. The van der Waals surface area contributed by atoms with Crippen molar-refractivity contribution in [1.82, 2.24) is 4.98 Å². The first kappa shape index (κ1) is 19.3. The van der Waals surface area contributed by atoms with Gasteiger partial charge in [-0.1, -0.05) is 41.6 Å². The van der Waals surface area contributed by atoms with Gasteiger partial charge in [0.2, 0.25) is 5.91 Å². The fourth-order valence-corrected chi connectivity index (χ4v) is 4.22. The van der Waals surface area contributed by atoms with Crippen molar-refractivity contribution in [1.29, 1.82) is 0 Å². The summed E-state index contributed by atoms with van der Waals surface area (Å²) in [6.45, 7) is 3.59. The summed E-state index contributed by atoms with van der Waals surface area (Å²) < 4.78 is 0.962. The lowest BCUT2D eigenvalue weighted by Gasteiger charge is -2.04. The van der Waals surface area contributed by atoms with Crippen LogP contribution in [-0.4, -0.2) is 16.7 Å². The topological polar surface area (TPSA) is 59.1 Å². The van der Waals surface area contributed by atoms with Gasteiger partial charge >= 0.3 is 0 Å². The first-order valence-electron chi connectivity index (χ1n) is 8.53. The summed E-state index contributed by atoms with van der Waals surface area (Å²) in [4.78, 5) is 28.0. The van der Waals surface area contributed by atoms with E-state index in [2.05, 4.69) is 41.5 Å². The molecule has 6 heteroatoms. The Kier molecular flexibility index (Phi) is 6.42. The van der Waals surface area contributed by atoms with Gasteiger partial charge in [-0.25, -0.2) is 4.98 Å². The van der Waals surface area contributed by atoms with Crippen LogP contribution >= 0.6 is 23.1 Å². The van der Waals surface area contributed by atoms with Crippen LogP contribution in [0.2, 0.25) is 0 Å². The Labute approximate surface area is 167 Å². The summed E-state index contributed by atoms with van der Waals surface area (Å²) in [6, 6.07) is 15.4. The largest absolute Gasteiger partial charge is 0.326 e. The minimum atomic E-state index is -0.119. The molecule has 138 valence electrons. The third-order valence-corrected chi connectivity index (χ3v) is 6.07. The lowest BCUT2D eigenvalue weighted by Crippen LogP contribution is -2.14. The van der Waals surface area contributed by atoms with Crippen molar-refractivity contribution < 1.29 is 9.59 Å². The van der Waals surface area contributed by atoms with E-state index in [0.29, 0.717) is 11.3 Å². The number of aryl methyl sites for hydroxylation is 1. The molecule has 0 radical (unpaired) electrons. The van der Waals surface area contributed by atoms with Gasteiger partial charge < -0.3 is 5.32 Å². The van der Waals surface area contributed by atoms with Crippen LogP contribution in [0, 0.1) is 6.92 Å². The predicted octanol–water partition coefficient (Wildman–Crippen LogP) is 5.13. The number of anilines is 1. The van der Waals surface area contributed by atoms with Gasteiger partial charge in [-0.05, 0) is 43.7 Å². The Morgan fingerprint density at radius 1 is 1.07 bits per heavy atom. The zero-order chi connectivity index (χ0) is 19.2. The second kappa shape index (κ2) is 8.97. The van der Waals surface area contributed by atoms with E-state index in [9.17, 15) is 9.59 Å². The summed E-state index contributed by atoms with van der Waals surface area (Å²) in [5, 5.41) is 4.76. The minimum absolute atomic E-state index is 0.00557. The van der Waals surface area contributed by atoms with Crippen LogP contribution in [0.25, 0.3) is 0 Å². The minimum Gasteiger partial charge on any atom is -0.326 e. The molecule has 0 saturated heterocycles. The van der Waals surface area contributed by atoms with Gasteiger partial charge in [0.25, 0.3) is 0 Å². The van der Waals surface area contributed by atoms with Crippen LogP contribution in [0.4, 0.5) is 5.69 Å². The Bertz CT molecular complexity index is 932. The van der Waals surface area contributed by atoms with Gasteiger partial charge in [-0.3, -0.25) is 9.59 Å². The average molecular weight is 397 g/mol. The molecule has 0 saturated carbocycles. The maximum atomic E-state index is 12.2. The van der Waals surface area contributed by atoms with E-state index in [1.165, 1.54) is 18.1 Å². The second-order valence-electron chi connectivity index (χ2n) is 6.24. The van der Waals surface area contributed by atoms with Crippen molar-refractivity contribution in [3.05, 3.63) is 76.3 Å². The van der Waals surface area contributed by atoms with E-state index in [0.717, 1.165) is 15.8 Å². The standard InChI is InChI=1S/C21H20N2O2S2/c1-14-3-5-16(6-4-14)12-26-21-23-19(13-27-21)11-20(25)22-18-9-7-17(8-10-18)15(2)24/h3-10,13H,11-12H2,1-2H3,(H,22,25). The normalized spacial score (nSPS) is 10.6. The highest BCUT2D eigenvalue weighted by molar-refractivity contribution is 8.00. The molecule has 1 aromatic heterocycles. The van der Waals surface area contributed by atoms with Crippen LogP contribution in [0.3, 0.4) is 0 Å². The SMILES string of the molecule is CC(=O)c1ccc(NC(=O)Cc2csc(SCc3ccc(C)cc3)n2)cc1. The summed E-state index contributed by atoms with van der Waals surface area (Å²) in [5.41, 5.74) is 4.58. The highest BCUT2D eigenvalue weighted by Gasteiger charge is 2.09. The molecule has 27 heavy (non-hydrogen) atoms. The fourth-order valence-electron chi connectivity index (χ4n) is 2.42. The summed E-state index contributed by atoms with van der Waals surface area (Å²) in [7, 11) is 0. The highest BCUT2D eigenvalue weighted by Crippen LogP contribution is 2.26. The number of amides is 1. The van der Waals surface area contributed by atoms with Crippen LogP contribution < -0.4 is 5.32 Å². The van der Waals surface area contributed by atoms with Gasteiger partial charge in [-0.15, -0.1) is 11.3 Å². The molecule has 0 aliphatic rings. The highest BCUT2D eigenvalue weighted by atomic mass is 32.2. The van der Waals surface area contributed by atoms with Crippen LogP contribution in [0.1, 0.15) is 34.1 Å². The van der Waals surface area contributed by atoms with Crippen LogP contribution in [-0.2, 0) is 17.0 Å². The molecular formula is C21H20N2O2S2. The summed E-state index contributed by atoms with van der Waals surface area (Å²) in [5.74, 6) is 0.749. The molecule has 0 bridgehead atoms. The Morgan fingerprint density at radius 2 is 1.78 bits per heavy atom. The van der Waals surface area contributed by atoms with E-state index in [-0.39, 0.29) is 18.1 Å². The second-order valence-corrected chi connectivity index (χ2v) is 8.32. The number of nitrogens with zero attached hydrogens (tertiary/aromatic N) is 1. The summed E-state index contributed by atoms with van der Waals surface area (Å²) in [6.07, 6.45) is 0.232. The molecule has 1 heterocycles. The molecule has 3 aromatic rings. The number of carbonyl (C=O) groups excluding carboxylic acids is 2. The van der Waals surface area contributed by atoms with E-state index in [1.54, 1.807) is 47.4 Å². The molecule has 0 aliphatic heterocycles. The van der Waals surface area contributed by atoms with Gasteiger partial charge in [0.15, 0.2) is 5.78 Å². The zero-order valence-corrected chi connectivity index (χ0v) is 16.8. The van der Waals surface area contributed by atoms with Crippen molar-refractivity contribution in [2.75, 3.05) is 5.32 Å². The third kappa shape index (κ3) is 5.77. The van der Waals surface area contributed by atoms with Gasteiger partial charge in [0, 0.05) is 22.4 Å². The predicted molar refractivity (Wildman–Crippen MR) is 112 cm³/mol. The maximum absolute atomic E-state index is 12.2. The van der Waals surface area contributed by atoms with Crippen molar-refractivity contribution >= 4 is 40.5 Å². The molecule has 0 aliphatic carbocycles. The summed E-state index contributed by atoms with van der Waals surface area (Å²) >= 11 is 3.24. The average Bonchev–Trinajstić information content (AvgIpc) is 3.09. The van der Waals surface area contributed by atoms with Crippen LogP contribution in [0.15, 0.2) is 58.3 Å². The first-order valence-corrected chi connectivity index (χ1v) is 10.4. The molecule has 4 nitrogen and oxygen atoms in total. The number of ketones is 1. The van der Waals surface area contributed by atoms with Crippen LogP contribution in [0.5, 0.6) is 0 Å². The number of carbonyl (C=O) groups is 2. The number of aromatic nitrogens is 1. The molecule has 0 spiro atoms. The number of Topliss-reactive ketones (excluding diaryl/α,β-unsaturated/α-hetero) is 1. The smallest absolute Gasteiger partial charge is 0.230 e. The lowest BCUT2D eigenvalue weighted by atomic mass is 10.1. The molecule has 1 amide bonds. The van der Waals surface area contributed by atoms with E-state index in [4.69, 9.17) is 0 Å². The Hall–Kier alpha value is -2.44. The quantitative estimate of drug-likeness (QED) is 0.444.